The van der Waals surface area contributed by atoms with Crippen LogP contribution in [0.1, 0.15) is 18.9 Å². The first-order valence-corrected chi connectivity index (χ1v) is 5.90. The molecule has 1 heterocycles. The maximum Gasteiger partial charge on any atom is 0.351 e. The van der Waals surface area contributed by atoms with Gasteiger partial charge in [0.25, 0.3) is 0 Å². The summed E-state index contributed by atoms with van der Waals surface area (Å²) in [6.45, 7) is 2.06. The monoisotopic (exact) mass is 247 g/mol. The van der Waals surface area contributed by atoms with E-state index < -0.39 is 5.60 Å². The predicted molar refractivity (Wildman–Crippen MR) is 62.9 cm³/mol. The molecule has 1 aliphatic carbocycles. The number of para-hydroxylation sites is 1. The van der Waals surface area contributed by atoms with Crippen molar-refractivity contribution in [1.82, 2.24) is 0 Å². The molecular formula is C13H13NO4. The number of fused-ring (bicyclic) bond motifs is 2. The van der Waals surface area contributed by atoms with Gasteiger partial charge in [0.15, 0.2) is 0 Å². The zero-order valence-corrected chi connectivity index (χ0v) is 9.92. The smallest absolute Gasteiger partial charge is 0.351 e. The number of esters is 1. The van der Waals surface area contributed by atoms with Gasteiger partial charge in [0.2, 0.25) is 5.60 Å². The van der Waals surface area contributed by atoms with E-state index in [9.17, 15) is 4.79 Å². The first-order valence-electron chi connectivity index (χ1n) is 5.90. The first-order chi connectivity index (χ1) is 8.73. The van der Waals surface area contributed by atoms with E-state index in [1.807, 2.05) is 18.2 Å². The molecular weight excluding hydrogens is 234 g/mol. The van der Waals surface area contributed by atoms with Crippen LogP contribution in [0.3, 0.4) is 0 Å². The number of rotatable bonds is 2. The van der Waals surface area contributed by atoms with Gasteiger partial charge >= 0.3 is 5.97 Å². The maximum absolute atomic E-state index is 11.9. The standard InChI is InChI=1S/C13H13NO4/c1-2-17-12(15)13-7-9(13)11(14-16)8-5-3-4-6-10(8)18-13/h3-6,9,16H,2,7H2,1H3/b14-11+. The Morgan fingerprint density at radius 3 is 3.11 bits per heavy atom. The number of nitrogens with zero attached hydrogens (tertiary/aromatic N) is 1. The molecule has 2 unspecified atom stereocenters. The summed E-state index contributed by atoms with van der Waals surface area (Å²) >= 11 is 0. The Labute approximate surface area is 104 Å². The van der Waals surface area contributed by atoms with Crippen molar-refractivity contribution < 1.29 is 19.5 Å². The van der Waals surface area contributed by atoms with E-state index in [0.717, 1.165) is 5.56 Å². The van der Waals surface area contributed by atoms with Crippen molar-refractivity contribution in [3.8, 4) is 5.75 Å². The minimum absolute atomic E-state index is 0.212. The molecule has 0 radical (unpaired) electrons. The molecule has 0 bridgehead atoms. The highest BCUT2D eigenvalue weighted by molar-refractivity contribution is 6.12. The Morgan fingerprint density at radius 2 is 2.39 bits per heavy atom. The fourth-order valence-electron chi connectivity index (χ4n) is 2.47. The van der Waals surface area contributed by atoms with Crippen molar-refractivity contribution in [2.45, 2.75) is 18.9 Å². The zero-order chi connectivity index (χ0) is 12.8. The third-order valence-corrected chi connectivity index (χ3v) is 3.42. The molecule has 0 amide bonds. The quantitative estimate of drug-likeness (QED) is 0.489. The minimum atomic E-state index is -0.980. The number of hydrogen-bond acceptors (Lipinski definition) is 5. The van der Waals surface area contributed by atoms with Crippen LogP contribution in [-0.4, -0.2) is 29.1 Å². The molecule has 18 heavy (non-hydrogen) atoms. The van der Waals surface area contributed by atoms with E-state index in [2.05, 4.69) is 5.16 Å². The van der Waals surface area contributed by atoms with Crippen LogP contribution in [0.15, 0.2) is 29.4 Å². The Balaban J connectivity index is 2.01. The van der Waals surface area contributed by atoms with Crippen LogP contribution in [-0.2, 0) is 9.53 Å². The third-order valence-electron chi connectivity index (χ3n) is 3.42. The summed E-state index contributed by atoms with van der Waals surface area (Å²) in [5, 5.41) is 12.5. The van der Waals surface area contributed by atoms with Crippen LogP contribution in [0.4, 0.5) is 0 Å². The largest absolute Gasteiger partial charge is 0.474 e. The molecule has 1 fully saturated rings. The Morgan fingerprint density at radius 1 is 1.61 bits per heavy atom. The summed E-state index contributed by atoms with van der Waals surface area (Å²) in [5.74, 6) is -0.0331. The summed E-state index contributed by atoms with van der Waals surface area (Å²) in [4.78, 5) is 11.9. The van der Waals surface area contributed by atoms with Crippen LogP contribution in [0.5, 0.6) is 5.75 Å². The van der Waals surface area contributed by atoms with Gasteiger partial charge in [-0.15, -0.1) is 0 Å². The van der Waals surface area contributed by atoms with Crippen molar-refractivity contribution in [2.24, 2.45) is 11.1 Å². The van der Waals surface area contributed by atoms with Crippen molar-refractivity contribution >= 4 is 11.7 Å². The van der Waals surface area contributed by atoms with Gasteiger partial charge in [0, 0.05) is 12.0 Å². The topological polar surface area (TPSA) is 68.1 Å². The van der Waals surface area contributed by atoms with Gasteiger partial charge in [0.1, 0.15) is 5.75 Å². The van der Waals surface area contributed by atoms with E-state index in [1.54, 1.807) is 13.0 Å². The number of hydrogen-bond donors (Lipinski definition) is 1. The zero-order valence-electron chi connectivity index (χ0n) is 9.92. The Hall–Kier alpha value is -2.04. The van der Waals surface area contributed by atoms with Gasteiger partial charge < -0.3 is 14.7 Å². The summed E-state index contributed by atoms with van der Waals surface area (Å²) in [7, 11) is 0. The number of ether oxygens (including phenoxy) is 2. The lowest BCUT2D eigenvalue weighted by Gasteiger charge is -2.24. The van der Waals surface area contributed by atoms with Gasteiger partial charge in [-0.3, -0.25) is 0 Å². The Kier molecular flexibility index (Phi) is 2.29. The van der Waals surface area contributed by atoms with E-state index in [1.165, 1.54) is 0 Å². The highest BCUT2D eigenvalue weighted by atomic mass is 16.6. The molecule has 5 heteroatoms. The number of carbonyl (C=O) groups excluding carboxylic acids is 1. The van der Waals surface area contributed by atoms with Gasteiger partial charge in [-0.05, 0) is 19.1 Å². The van der Waals surface area contributed by atoms with Crippen molar-refractivity contribution in [2.75, 3.05) is 6.61 Å². The first kappa shape index (κ1) is 11.1. The van der Waals surface area contributed by atoms with Crippen molar-refractivity contribution in [1.29, 1.82) is 0 Å². The minimum Gasteiger partial charge on any atom is -0.474 e. The van der Waals surface area contributed by atoms with Crippen molar-refractivity contribution in [3.05, 3.63) is 29.8 Å². The molecule has 0 spiro atoms. The summed E-state index contributed by atoms with van der Waals surface area (Å²) < 4.78 is 10.8. The third kappa shape index (κ3) is 1.33. The molecule has 1 aromatic carbocycles. The van der Waals surface area contributed by atoms with E-state index >= 15 is 0 Å². The molecule has 1 aliphatic heterocycles. The fourth-order valence-corrected chi connectivity index (χ4v) is 2.47. The van der Waals surface area contributed by atoms with Crippen LogP contribution < -0.4 is 4.74 Å². The second kappa shape index (κ2) is 3.73. The molecule has 2 atom stereocenters. The molecule has 0 saturated heterocycles. The number of oxime groups is 1. The molecule has 2 aliphatic rings. The van der Waals surface area contributed by atoms with Gasteiger partial charge in [-0.2, -0.15) is 0 Å². The number of carbonyl (C=O) groups is 1. The summed E-state index contributed by atoms with van der Waals surface area (Å²) in [5.41, 5.74) is 0.263. The van der Waals surface area contributed by atoms with Crippen LogP contribution in [0.25, 0.3) is 0 Å². The van der Waals surface area contributed by atoms with Crippen LogP contribution >= 0.6 is 0 Å². The molecule has 1 aromatic rings. The van der Waals surface area contributed by atoms with Crippen molar-refractivity contribution in [3.63, 3.8) is 0 Å². The molecule has 5 nitrogen and oxygen atoms in total. The summed E-state index contributed by atoms with van der Waals surface area (Å²) in [6.07, 6.45) is 0.500. The van der Waals surface area contributed by atoms with Gasteiger partial charge in [-0.25, -0.2) is 4.79 Å². The molecule has 3 rings (SSSR count). The van der Waals surface area contributed by atoms with E-state index in [0.29, 0.717) is 24.5 Å². The lowest BCUT2D eigenvalue weighted by atomic mass is 10.00. The van der Waals surface area contributed by atoms with E-state index in [-0.39, 0.29) is 11.9 Å². The Bertz CT molecular complexity index is 540. The second-order valence-electron chi connectivity index (χ2n) is 4.45. The maximum atomic E-state index is 11.9. The predicted octanol–water partition coefficient (Wildman–Crippen LogP) is 1.58. The molecule has 0 aromatic heterocycles. The van der Waals surface area contributed by atoms with Crippen LogP contribution in [0.2, 0.25) is 0 Å². The molecule has 94 valence electrons. The lowest BCUT2D eigenvalue weighted by Crippen LogP contribution is -2.39. The molecule has 1 saturated carbocycles. The SMILES string of the molecule is CCOC(=O)C12CC1/C(=N/O)c1ccccc1O2. The van der Waals surface area contributed by atoms with Gasteiger partial charge in [0.05, 0.1) is 18.2 Å². The number of benzene rings is 1. The normalized spacial score (nSPS) is 30.1. The highest BCUT2D eigenvalue weighted by Crippen LogP contribution is 2.54. The molecule has 1 N–H and O–H groups in total. The summed E-state index contributed by atoms with van der Waals surface area (Å²) in [6, 6.07) is 7.23. The average molecular weight is 247 g/mol. The van der Waals surface area contributed by atoms with Gasteiger partial charge in [-0.1, -0.05) is 17.3 Å². The highest BCUT2D eigenvalue weighted by Gasteiger charge is 2.69. The lowest BCUT2D eigenvalue weighted by molar-refractivity contribution is -0.154. The van der Waals surface area contributed by atoms with E-state index in [4.69, 9.17) is 14.7 Å². The second-order valence-corrected chi connectivity index (χ2v) is 4.45. The van der Waals surface area contributed by atoms with Crippen LogP contribution in [0, 0.1) is 5.92 Å². The fraction of sp³-hybridized carbons (Fsp3) is 0.385. The average Bonchev–Trinajstić information content (AvgIpc) is 3.11.